The van der Waals surface area contributed by atoms with Crippen molar-refractivity contribution in [3.05, 3.63) is 63.9 Å². The summed E-state index contributed by atoms with van der Waals surface area (Å²) in [7, 11) is 0. The van der Waals surface area contributed by atoms with Gasteiger partial charge in [0.05, 0.1) is 10.0 Å². The SMILES string of the molecule is NNC(Cc1ccncc1)Cc1cccc(Cl)c1Cl. The zero-order valence-corrected chi connectivity index (χ0v) is 11.8. The maximum Gasteiger partial charge on any atom is 0.0624 e. The van der Waals surface area contributed by atoms with E-state index in [9.17, 15) is 0 Å². The van der Waals surface area contributed by atoms with E-state index in [1.165, 1.54) is 5.56 Å². The highest BCUT2D eigenvalue weighted by Gasteiger charge is 2.12. The van der Waals surface area contributed by atoms with Crippen LogP contribution in [0.1, 0.15) is 11.1 Å². The number of aromatic nitrogens is 1. The van der Waals surface area contributed by atoms with E-state index in [1.54, 1.807) is 18.5 Å². The van der Waals surface area contributed by atoms with Crippen LogP contribution in [0, 0.1) is 0 Å². The number of halogens is 2. The molecular formula is C14H15Cl2N3. The molecule has 0 radical (unpaired) electrons. The number of nitrogens with two attached hydrogens (primary N) is 1. The average molecular weight is 296 g/mol. The molecule has 3 N–H and O–H groups in total. The van der Waals surface area contributed by atoms with Gasteiger partial charge in [-0.25, -0.2) is 0 Å². The summed E-state index contributed by atoms with van der Waals surface area (Å²) in [5, 5.41) is 1.16. The third-order valence-corrected chi connectivity index (χ3v) is 3.82. The van der Waals surface area contributed by atoms with E-state index in [4.69, 9.17) is 29.0 Å². The molecule has 3 nitrogen and oxygen atoms in total. The third kappa shape index (κ3) is 3.91. The third-order valence-electron chi connectivity index (χ3n) is 2.97. The first-order chi connectivity index (χ1) is 9.20. The Morgan fingerprint density at radius 2 is 1.84 bits per heavy atom. The first kappa shape index (κ1) is 14.3. The van der Waals surface area contributed by atoms with Crippen molar-refractivity contribution in [2.24, 2.45) is 5.84 Å². The number of benzene rings is 1. The summed E-state index contributed by atoms with van der Waals surface area (Å²) < 4.78 is 0. The largest absolute Gasteiger partial charge is 0.271 e. The number of rotatable bonds is 5. The molecule has 2 aromatic rings. The molecule has 0 amide bonds. The van der Waals surface area contributed by atoms with Crippen molar-refractivity contribution in [1.29, 1.82) is 0 Å². The number of pyridine rings is 1. The molecule has 1 aromatic carbocycles. The van der Waals surface area contributed by atoms with Crippen molar-refractivity contribution in [1.82, 2.24) is 10.4 Å². The van der Waals surface area contributed by atoms with Gasteiger partial charge in [0.1, 0.15) is 0 Å². The highest BCUT2D eigenvalue weighted by atomic mass is 35.5. The molecule has 0 saturated carbocycles. The molecule has 1 atom stereocenters. The predicted molar refractivity (Wildman–Crippen MR) is 79.2 cm³/mol. The van der Waals surface area contributed by atoms with Gasteiger partial charge in [0, 0.05) is 18.4 Å². The van der Waals surface area contributed by atoms with Crippen molar-refractivity contribution in [2.45, 2.75) is 18.9 Å². The fraction of sp³-hybridized carbons (Fsp3) is 0.214. The summed E-state index contributed by atoms with van der Waals surface area (Å²) in [6, 6.07) is 9.68. The van der Waals surface area contributed by atoms with E-state index >= 15 is 0 Å². The first-order valence-corrected chi connectivity index (χ1v) is 6.74. The lowest BCUT2D eigenvalue weighted by Crippen LogP contribution is -2.38. The van der Waals surface area contributed by atoms with Gasteiger partial charge in [-0.1, -0.05) is 35.3 Å². The van der Waals surface area contributed by atoms with Crippen LogP contribution < -0.4 is 11.3 Å². The fourth-order valence-electron chi connectivity index (χ4n) is 1.96. The summed E-state index contributed by atoms with van der Waals surface area (Å²) in [5.41, 5.74) is 4.99. The van der Waals surface area contributed by atoms with Crippen molar-refractivity contribution in [2.75, 3.05) is 0 Å². The van der Waals surface area contributed by atoms with E-state index in [0.29, 0.717) is 10.0 Å². The number of nitrogens with zero attached hydrogens (tertiary/aromatic N) is 1. The number of nitrogens with one attached hydrogen (secondary N) is 1. The molecule has 0 saturated heterocycles. The van der Waals surface area contributed by atoms with Gasteiger partial charge in [0.15, 0.2) is 0 Å². The number of hydrogen-bond donors (Lipinski definition) is 2. The lowest BCUT2D eigenvalue weighted by molar-refractivity contribution is 0.522. The summed E-state index contributed by atoms with van der Waals surface area (Å²) >= 11 is 12.2. The minimum absolute atomic E-state index is 0.0957. The Bertz CT molecular complexity index is 531. The van der Waals surface area contributed by atoms with Crippen molar-refractivity contribution in [3.8, 4) is 0 Å². The van der Waals surface area contributed by atoms with Crippen molar-refractivity contribution in [3.63, 3.8) is 0 Å². The molecule has 0 bridgehead atoms. The van der Waals surface area contributed by atoms with Gasteiger partial charge in [-0.15, -0.1) is 0 Å². The lowest BCUT2D eigenvalue weighted by Gasteiger charge is -2.17. The van der Waals surface area contributed by atoms with Gasteiger partial charge in [0.25, 0.3) is 0 Å². The Labute approximate surface area is 122 Å². The summed E-state index contributed by atoms with van der Waals surface area (Å²) in [6.07, 6.45) is 5.07. The maximum atomic E-state index is 6.19. The molecule has 0 fully saturated rings. The summed E-state index contributed by atoms with van der Waals surface area (Å²) in [4.78, 5) is 4.00. The van der Waals surface area contributed by atoms with Gasteiger partial charge < -0.3 is 0 Å². The molecule has 5 heteroatoms. The zero-order chi connectivity index (χ0) is 13.7. The second kappa shape index (κ2) is 6.87. The maximum absolute atomic E-state index is 6.19. The molecule has 0 spiro atoms. The second-order valence-corrected chi connectivity index (χ2v) is 5.13. The normalized spacial score (nSPS) is 12.4. The molecule has 100 valence electrons. The molecular weight excluding hydrogens is 281 g/mol. The van der Waals surface area contributed by atoms with Gasteiger partial charge in [-0.2, -0.15) is 0 Å². The molecule has 1 aromatic heterocycles. The quantitative estimate of drug-likeness (QED) is 0.658. The van der Waals surface area contributed by atoms with Crippen LogP contribution in [0.2, 0.25) is 10.0 Å². The number of hydrazine groups is 1. The van der Waals surface area contributed by atoms with Crippen LogP contribution in [0.15, 0.2) is 42.7 Å². The topological polar surface area (TPSA) is 50.9 Å². The monoisotopic (exact) mass is 295 g/mol. The Morgan fingerprint density at radius 1 is 1.11 bits per heavy atom. The van der Waals surface area contributed by atoms with E-state index in [2.05, 4.69) is 10.4 Å². The summed E-state index contributed by atoms with van der Waals surface area (Å²) in [5.74, 6) is 5.61. The van der Waals surface area contributed by atoms with Crippen molar-refractivity contribution >= 4 is 23.2 Å². The zero-order valence-electron chi connectivity index (χ0n) is 10.3. The van der Waals surface area contributed by atoms with Crippen LogP contribution in [0.5, 0.6) is 0 Å². The predicted octanol–water partition coefficient (Wildman–Crippen LogP) is 3.01. The lowest BCUT2D eigenvalue weighted by atomic mass is 10.00. The Kier molecular flexibility index (Phi) is 5.16. The highest BCUT2D eigenvalue weighted by molar-refractivity contribution is 6.42. The average Bonchev–Trinajstić information content (AvgIpc) is 2.44. The smallest absolute Gasteiger partial charge is 0.0624 e. The van der Waals surface area contributed by atoms with Crippen molar-refractivity contribution < 1.29 is 0 Å². The molecule has 1 unspecified atom stereocenters. The van der Waals surface area contributed by atoms with Crippen LogP contribution in [-0.2, 0) is 12.8 Å². The van der Waals surface area contributed by atoms with Crippen LogP contribution in [0.4, 0.5) is 0 Å². The van der Waals surface area contributed by atoms with E-state index in [0.717, 1.165) is 18.4 Å². The molecule has 19 heavy (non-hydrogen) atoms. The molecule has 1 heterocycles. The second-order valence-electron chi connectivity index (χ2n) is 4.34. The molecule has 0 aliphatic rings. The standard InChI is InChI=1S/C14H15Cl2N3/c15-13-3-1-2-11(14(13)16)9-12(19-17)8-10-4-6-18-7-5-10/h1-7,12,19H,8-9,17H2. The van der Waals surface area contributed by atoms with E-state index < -0.39 is 0 Å². The van der Waals surface area contributed by atoms with Gasteiger partial charge in [-0.05, 0) is 42.2 Å². The van der Waals surface area contributed by atoms with Gasteiger partial charge >= 0.3 is 0 Å². The molecule has 2 rings (SSSR count). The van der Waals surface area contributed by atoms with Crippen LogP contribution in [0.25, 0.3) is 0 Å². The first-order valence-electron chi connectivity index (χ1n) is 5.98. The van der Waals surface area contributed by atoms with Crippen LogP contribution >= 0.6 is 23.2 Å². The van der Waals surface area contributed by atoms with Gasteiger partial charge in [0.2, 0.25) is 0 Å². The van der Waals surface area contributed by atoms with Crippen LogP contribution in [-0.4, -0.2) is 11.0 Å². The highest BCUT2D eigenvalue weighted by Crippen LogP contribution is 2.26. The minimum atomic E-state index is 0.0957. The van der Waals surface area contributed by atoms with Crippen LogP contribution in [0.3, 0.4) is 0 Å². The molecule has 0 aliphatic carbocycles. The number of hydrogen-bond acceptors (Lipinski definition) is 3. The summed E-state index contributed by atoms with van der Waals surface area (Å²) in [6.45, 7) is 0. The van der Waals surface area contributed by atoms with E-state index in [-0.39, 0.29) is 6.04 Å². The fourth-order valence-corrected chi connectivity index (χ4v) is 2.36. The van der Waals surface area contributed by atoms with Gasteiger partial charge in [-0.3, -0.25) is 16.3 Å². The van der Waals surface area contributed by atoms with E-state index in [1.807, 2.05) is 24.3 Å². The Morgan fingerprint density at radius 3 is 2.53 bits per heavy atom. The molecule has 0 aliphatic heterocycles. The minimum Gasteiger partial charge on any atom is -0.271 e. The Hall–Kier alpha value is -1.13. The Balaban J connectivity index is 2.09.